The van der Waals surface area contributed by atoms with E-state index in [1.54, 1.807) is 13.8 Å². The van der Waals surface area contributed by atoms with Crippen molar-refractivity contribution in [2.45, 2.75) is 44.8 Å². The molecule has 112 valence electrons. The maximum absolute atomic E-state index is 12.5. The van der Waals surface area contributed by atoms with Gasteiger partial charge in [0.15, 0.2) is 10.8 Å². The summed E-state index contributed by atoms with van der Waals surface area (Å²) < 4.78 is 37.6. The maximum atomic E-state index is 12.5. The zero-order valence-electron chi connectivity index (χ0n) is 11.5. The second kappa shape index (κ2) is 5.44. The zero-order valence-corrected chi connectivity index (χ0v) is 12.3. The van der Waals surface area contributed by atoms with Crippen LogP contribution < -0.4 is 0 Å². The van der Waals surface area contributed by atoms with Crippen LogP contribution in [-0.2, 0) is 6.18 Å². The van der Waals surface area contributed by atoms with Crippen molar-refractivity contribution in [1.29, 1.82) is 0 Å². The molecule has 0 atom stereocenters. The number of carbonyl (C=O) groups excluding carboxylic acids is 1. The SMILES string of the molecule is CC(C)(C(=O)c1cnc(C(F)(F)F)s1)N1CCCCC1. The smallest absolute Gasteiger partial charge is 0.291 e. The summed E-state index contributed by atoms with van der Waals surface area (Å²) in [6.07, 6.45) is -0.264. The zero-order chi connectivity index (χ0) is 15.0. The molecule has 1 aromatic rings. The molecule has 0 spiro atoms. The Hall–Kier alpha value is -0.950. The molecule has 2 rings (SSSR count). The largest absolute Gasteiger partial charge is 0.443 e. The summed E-state index contributed by atoms with van der Waals surface area (Å²) in [4.78, 5) is 17.9. The molecule has 0 amide bonds. The van der Waals surface area contributed by atoms with Gasteiger partial charge in [0.1, 0.15) is 0 Å². The first-order chi connectivity index (χ1) is 9.23. The van der Waals surface area contributed by atoms with Crippen LogP contribution in [0.1, 0.15) is 47.8 Å². The van der Waals surface area contributed by atoms with Crippen molar-refractivity contribution >= 4 is 17.1 Å². The summed E-state index contributed by atoms with van der Waals surface area (Å²) in [5.41, 5.74) is -0.782. The quantitative estimate of drug-likeness (QED) is 0.800. The van der Waals surface area contributed by atoms with E-state index in [9.17, 15) is 18.0 Å². The summed E-state index contributed by atoms with van der Waals surface area (Å²) in [5.74, 6) is -0.285. The second-order valence-electron chi connectivity index (χ2n) is 5.46. The lowest BCUT2D eigenvalue weighted by Gasteiger charge is -2.39. The minimum absolute atomic E-state index is 0.0768. The van der Waals surface area contributed by atoms with Crippen LogP contribution in [0.2, 0.25) is 0 Å². The van der Waals surface area contributed by atoms with Gasteiger partial charge < -0.3 is 0 Å². The minimum atomic E-state index is -4.49. The Morgan fingerprint density at radius 2 is 1.85 bits per heavy atom. The first kappa shape index (κ1) is 15.4. The van der Waals surface area contributed by atoms with E-state index < -0.39 is 16.7 Å². The first-order valence-corrected chi connectivity index (χ1v) is 7.37. The number of carbonyl (C=O) groups is 1. The monoisotopic (exact) mass is 306 g/mol. The number of hydrogen-bond donors (Lipinski definition) is 0. The highest BCUT2D eigenvalue weighted by Gasteiger charge is 2.39. The number of alkyl halides is 3. The number of nitrogens with zero attached hydrogens (tertiary/aromatic N) is 2. The number of aromatic nitrogens is 1. The van der Waals surface area contributed by atoms with Gasteiger partial charge in [0.25, 0.3) is 0 Å². The molecule has 1 aliphatic rings. The third-order valence-electron chi connectivity index (χ3n) is 3.67. The van der Waals surface area contributed by atoms with Gasteiger partial charge in [-0.15, -0.1) is 11.3 Å². The highest BCUT2D eigenvalue weighted by atomic mass is 32.1. The van der Waals surface area contributed by atoms with E-state index in [-0.39, 0.29) is 10.7 Å². The van der Waals surface area contributed by atoms with Gasteiger partial charge in [-0.1, -0.05) is 6.42 Å². The van der Waals surface area contributed by atoms with Gasteiger partial charge in [-0.3, -0.25) is 9.69 Å². The molecule has 1 fully saturated rings. The lowest BCUT2D eigenvalue weighted by atomic mass is 9.93. The molecule has 1 saturated heterocycles. The van der Waals surface area contributed by atoms with Crippen molar-refractivity contribution < 1.29 is 18.0 Å². The van der Waals surface area contributed by atoms with Crippen molar-refractivity contribution in [2.24, 2.45) is 0 Å². The van der Waals surface area contributed by atoms with E-state index in [1.165, 1.54) is 0 Å². The number of thiazole rings is 1. The predicted octanol–water partition coefficient (Wildman–Crippen LogP) is 3.61. The predicted molar refractivity (Wildman–Crippen MR) is 70.9 cm³/mol. The fourth-order valence-electron chi connectivity index (χ4n) is 2.41. The van der Waals surface area contributed by atoms with Crippen LogP contribution in [0.3, 0.4) is 0 Å². The highest BCUT2D eigenvalue weighted by Crippen LogP contribution is 2.34. The number of halogens is 3. The molecule has 1 aliphatic heterocycles. The van der Waals surface area contributed by atoms with E-state index >= 15 is 0 Å². The Morgan fingerprint density at radius 3 is 2.35 bits per heavy atom. The van der Waals surface area contributed by atoms with Crippen molar-refractivity contribution in [3.05, 3.63) is 16.1 Å². The Balaban J connectivity index is 2.19. The van der Waals surface area contributed by atoms with Crippen molar-refractivity contribution in [2.75, 3.05) is 13.1 Å². The topological polar surface area (TPSA) is 33.2 Å². The standard InChI is InChI=1S/C13H17F3N2OS/c1-12(2,18-6-4-3-5-7-18)10(19)9-8-17-11(20-9)13(14,15)16/h8H,3-7H2,1-2H3. The molecule has 0 aliphatic carbocycles. The highest BCUT2D eigenvalue weighted by molar-refractivity contribution is 7.13. The molecule has 0 radical (unpaired) electrons. The van der Waals surface area contributed by atoms with E-state index in [2.05, 4.69) is 4.98 Å². The molecule has 0 unspecified atom stereocenters. The van der Waals surface area contributed by atoms with Crippen LogP contribution in [0.25, 0.3) is 0 Å². The van der Waals surface area contributed by atoms with Crippen molar-refractivity contribution in [1.82, 2.24) is 9.88 Å². The summed E-state index contributed by atoms with van der Waals surface area (Å²) in [5, 5.41) is -0.963. The number of ketones is 1. The lowest BCUT2D eigenvalue weighted by Crippen LogP contribution is -2.51. The molecule has 3 nitrogen and oxygen atoms in total. The number of Topliss-reactive ketones (excluding diaryl/α,β-unsaturated/α-hetero) is 1. The van der Waals surface area contributed by atoms with Gasteiger partial charge in [0.2, 0.25) is 0 Å². The molecule has 20 heavy (non-hydrogen) atoms. The van der Waals surface area contributed by atoms with Crippen LogP contribution >= 0.6 is 11.3 Å². The molecule has 7 heteroatoms. The maximum Gasteiger partial charge on any atom is 0.443 e. The first-order valence-electron chi connectivity index (χ1n) is 6.56. The fourth-order valence-corrected chi connectivity index (χ4v) is 3.29. The molecule has 0 aromatic carbocycles. The second-order valence-corrected chi connectivity index (χ2v) is 6.49. The molecule has 2 heterocycles. The van der Waals surface area contributed by atoms with E-state index in [0.29, 0.717) is 11.3 Å². The third kappa shape index (κ3) is 3.03. The normalized spacial score (nSPS) is 18.2. The van der Waals surface area contributed by atoms with Crippen molar-refractivity contribution in [3.63, 3.8) is 0 Å². The molecule has 0 N–H and O–H groups in total. The average Bonchev–Trinajstić information content (AvgIpc) is 2.88. The van der Waals surface area contributed by atoms with Gasteiger partial charge in [-0.25, -0.2) is 4.98 Å². The Kier molecular flexibility index (Phi) is 4.20. The minimum Gasteiger partial charge on any atom is -0.291 e. The van der Waals surface area contributed by atoms with E-state index in [0.717, 1.165) is 38.5 Å². The van der Waals surface area contributed by atoms with Crippen LogP contribution in [-0.4, -0.2) is 34.3 Å². The Bertz CT molecular complexity index is 490. The third-order valence-corrected chi connectivity index (χ3v) is 4.72. The van der Waals surface area contributed by atoms with Crippen LogP contribution in [0.5, 0.6) is 0 Å². The van der Waals surface area contributed by atoms with Gasteiger partial charge in [-0.05, 0) is 39.8 Å². The van der Waals surface area contributed by atoms with E-state index in [4.69, 9.17) is 0 Å². The summed E-state index contributed by atoms with van der Waals surface area (Å²) in [6.45, 7) is 5.16. The summed E-state index contributed by atoms with van der Waals surface area (Å²) in [7, 11) is 0. The van der Waals surface area contributed by atoms with Crippen molar-refractivity contribution in [3.8, 4) is 0 Å². The molecule has 0 bridgehead atoms. The molecular weight excluding hydrogens is 289 g/mol. The van der Waals surface area contributed by atoms with Gasteiger partial charge in [0.05, 0.1) is 10.4 Å². The molecule has 1 aromatic heterocycles. The Labute approximate surface area is 119 Å². The number of rotatable bonds is 3. The van der Waals surface area contributed by atoms with Gasteiger partial charge in [-0.2, -0.15) is 13.2 Å². The summed E-state index contributed by atoms with van der Waals surface area (Å²) >= 11 is 0.426. The average molecular weight is 306 g/mol. The number of piperidine rings is 1. The number of likely N-dealkylation sites (tertiary alicyclic amines) is 1. The fraction of sp³-hybridized carbons (Fsp3) is 0.692. The molecule has 0 saturated carbocycles. The lowest BCUT2D eigenvalue weighted by molar-refractivity contribution is -0.137. The van der Waals surface area contributed by atoms with Crippen LogP contribution in [0.15, 0.2) is 6.20 Å². The van der Waals surface area contributed by atoms with Gasteiger partial charge in [0, 0.05) is 6.20 Å². The van der Waals surface area contributed by atoms with Gasteiger partial charge >= 0.3 is 6.18 Å². The number of hydrogen-bond acceptors (Lipinski definition) is 4. The van der Waals surface area contributed by atoms with Crippen LogP contribution in [0, 0.1) is 0 Å². The van der Waals surface area contributed by atoms with Crippen LogP contribution in [0.4, 0.5) is 13.2 Å². The van der Waals surface area contributed by atoms with E-state index in [1.807, 2.05) is 4.90 Å². The molecular formula is C13H17F3N2OS. The Morgan fingerprint density at radius 1 is 1.25 bits per heavy atom. The summed E-state index contributed by atoms with van der Waals surface area (Å²) in [6, 6.07) is 0.